The number of ether oxygens (including phenoxy) is 1. The average Bonchev–Trinajstić information content (AvgIpc) is 3.19. The van der Waals surface area contributed by atoms with Gasteiger partial charge in [-0.15, -0.1) is 0 Å². The molecular weight excluding hydrogens is 456 g/mol. The number of sulfonamides is 1. The van der Waals surface area contributed by atoms with Gasteiger partial charge in [0.15, 0.2) is 0 Å². The summed E-state index contributed by atoms with van der Waals surface area (Å²) in [6.07, 6.45) is 0. The fourth-order valence-corrected chi connectivity index (χ4v) is 5.42. The topological polar surface area (TPSA) is 117 Å². The van der Waals surface area contributed by atoms with Gasteiger partial charge in [-0.05, 0) is 38.1 Å². The van der Waals surface area contributed by atoms with Crippen molar-refractivity contribution in [2.75, 3.05) is 26.2 Å². The van der Waals surface area contributed by atoms with Crippen LogP contribution in [-0.4, -0.2) is 54.9 Å². The Morgan fingerprint density at radius 2 is 1.76 bits per heavy atom. The SMILES string of the molecule is Cc1noc(C)c1COc1ccccc1C(=O)N1CCN(S(=O)(=O)c2ccccc2C#N)CC1. The Morgan fingerprint density at radius 3 is 2.44 bits per heavy atom. The van der Waals surface area contributed by atoms with Gasteiger partial charge < -0.3 is 14.2 Å². The van der Waals surface area contributed by atoms with Crippen molar-refractivity contribution >= 4 is 15.9 Å². The van der Waals surface area contributed by atoms with Crippen LogP contribution in [0.1, 0.15) is 32.9 Å². The Morgan fingerprint density at radius 1 is 1.09 bits per heavy atom. The van der Waals surface area contributed by atoms with Crippen LogP contribution in [0.4, 0.5) is 0 Å². The lowest BCUT2D eigenvalue weighted by Crippen LogP contribution is -2.50. The monoisotopic (exact) mass is 480 g/mol. The van der Waals surface area contributed by atoms with Crippen molar-refractivity contribution in [1.82, 2.24) is 14.4 Å². The predicted octanol–water partition coefficient (Wildman–Crippen LogP) is 2.89. The number of amides is 1. The standard InChI is InChI=1S/C24H24N4O5S/c1-17-21(18(2)33-26-17)16-32-22-9-5-4-8-20(22)24(29)27-11-13-28(14-12-27)34(30,31)23-10-6-3-7-19(23)15-25/h3-10H,11-14,16H2,1-2H3. The summed E-state index contributed by atoms with van der Waals surface area (Å²) < 4.78 is 38.5. The summed E-state index contributed by atoms with van der Waals surface area (Å²) in [5.74, 6) is 0.867. The molecule has 2 aromatic carbocycles. The van der Waals surface area contributed by atoms with Crippen LogP contribution in [0.15, 0.2) is 57.9 Å². The van der Waals surface area contributed by atoms with Crippen molar-refractivity contribution in [3.05, 3.63) is 76.7 Å². The molecule has 3 aromatic rings. The Labute approximate surface area is 198 Å². The predicted molar refractivity (Wildman–Crippen MR) is 123 cm³/mol. The number of carbonyl (C=O) groups excluding carboxylic acids is 1. The summed E-state index contributed by atoms with van der Waals surface area (Å²) >= 11 is 0. The molecule has 2 heterocycles. The van der Waals surface area contributed by atoms with E-state index in [0.29, 0.717) is 17.1 Å². The highest BCUT2D eigenvalue weighted by atomic mass is 32.2. The van der Waals surface area contributed by atoms with Gasteiger partial charge in [-0.25, -0.2) is 8.42 Å². The molecule has 176 valence electrons. The molecule has 0 saturated carbocycles. The Bertz CT molecular complexity index is 1330. The number of aryl methyl sites for hydroxylation is 2. The highest BCUT2D eigenvalue weighted by molar-refractivity contribution is 7.89. The van der Waals surface area contributed by atoms with E-state index in [-0.39, 0.29) is 49.2 Å². The van der Waals surface area contributed by atoms with Crippen LogP contribution in [-0.2, 0) is 16.6 Å². The second-order valence-electron chi connectivity index (χ2n) is 7.89. The zero-order valence-electron chi connectivity index (χ0n) is 18.9. The fourth-order valence-electron chi connectivity index (χ4n) is 3.85. The number of benzene rings is 2. The van der Waals surface area contributed by atoms with Gasteiger partial charge in [0.05, 0.1) is 27.3 Å². The van der Waals surface area contributed by atoms with Crippen LogP contribution >= 0.6 is 0 Å². The maximum atomic E-state index is 13.2. The Kier molecular flexibility index (Phi) is 6.68. The van der Waals surface area contributed by atoms with E-state index in [1.54, 1.807) is 48.2 Å². The number of nitriles is 1. The minimum Gasteiger partial charge on any atom is -0.488 e. The molecule has 0 N–H and O–H groups in total. The van der Waals surface area contributed by atoms with Gasteiger partial charge in [0.2, 0.25) is 10.0 Å². The average molecular weight is 481 g/mol. The third-order valence-electron chi connectivity index (χ3n) is 5.82. The molecule has 9 nitrogen and oxygen atoms in total. The minimum atomic E-state index is -3.84. The second kappa shape index (κ2) is 9.67. The van der Waals surface area contributed by atoms with Crippen LogP contribution in [0.3, 0.4) is 0 Å². The fraction of sp³-hybridized carbons (Fsp3) is 0.292. The van der Waals surface area contributed by atoms with Gasteiger partial charge in [-0.3, -0.25) is 4.79 Å². The van der Waals surface area contributed by atoms with E-state index in [9.17, 15) is 18.5 Å². The van der Waals surface area contributed by atoms with E-state index < -0.39 is 10.0 Å². The molecular formula is C24H24N4O5S. The summed E-state index contributed by atoms with van der Waals surface area (Å²) in [5, 5.41) is 13.2. The molecule has 0 bridgehead atoms. The maximum absolute atomic E-state index is 13.2. The van der Waals surface area contributed by atoms with E-state index in [1.165, 1.54) is 16.4 Å². The van der Waals surface area contributed by atoms with E-state index >= 15 is 0 Å². The summed E-state index contributed by atoms with van der Waals surface area (Å²) in [6, 6.07) is 15.0. The summed E-state index contributed by atoms with van der Waals surface area (Å²) in [6.45, 7) is 4.57. The first-order valence-corrected chi connectivity index (χ1v) is 12.2. The molecule has 1 aliphatic rings. The highest BCUT2D eigenvalue weighted by Gasteiger charge is 2.32. The smallest absolute Gasteiger partial charge is 0.257 e. The van der Waals surface area contributed by atoms with Gasteiger partial charge in [-0.1, -0.05) is 29.4 Å². The van der Waals surface area contributed by atoms with E-state index in [2.05, 4.69) is 5.16 Å². The molecule has 0 radical (unpaired) electrons. The van der Waals surface area contributed by atoms with Crippen LogP contribution < -0.4 is 4.74 Å². The molecule has 1 amide bonds. The number of hydrogen-bond acceptors (Lipinski definition) is 7. The van der Waals surface area contributed by atoms with Gasteiger partial charge in [0.1, 0.15) is 24.2 Å². The quantitative estimate of drug-likeness (QED) is 0.532. The molecule has 4 rings (SSSR count). The first-order chi connectivity index (χ1) is 16.3. The number of carbonyl (C=O) groups is 1. The zero-order chi connectivity index (χ0) is 24.3. The second-order valence-corrected chi connectivity index (χ2v) is 9.80. The number of nitrogens with zero attached hydrogens (tertiary/aromatic N) is 4. The molecule has 1 aliphatic heterocycles. The van der Waals surface area contributed by atoms with E-state index in [0.717, 1.165) is 11.3 Å². The van der Waals surface area contributed by atoms with Crippen molar-refractivity contribution in [3.63, 3.8) is 0 Å². The van der Waals surface area contributed by atoms with Gasteiger partial charge >= 0.3 is 0 Å². The maximum Gasteiger partial charge on any atom is 0.257 e. The summed E-state index contributed by atoms with van der Waals surface area (Å²) in [4.78, 5) is 14.8. The van der Waals surface area contributed by atoms with E-state index in [1.807, 2.05) is 13.0 Å². The number of hydrogen-bond donors (Lipinski definition) is 0. The van der Waals surface area contributed by atoms with E-state index in [4.69, 9.17) is 9.26 Å². The minimum absolute atomic E-state index is 0.0182. The number of piperazine rings is 1. The van der Waals surface area contributed by atoms with Crippen LogP contribution in [0, 0.1) is 25.2 Å². The van der Waals surface area contributed by atoms with Crippen molar-refractivity contribution in [1.29, 1.82) is 5.26 Å². The summed E-state index contributed by atoms with van der Waals surface area (Å²) in [7, 11) is -3.84. The molecule has 34 heavy (non-hydrogen) atoms. The molecule has 0 aliphatic carbocycles. The third-order valence-corrected chi connectivity index (χ3v) is 7.78. The molecule has 1 saturated heterocycles. The van der Waals surface area contributed by atoms with Crippen LogP contribution in [0.25, 0.3) is 0 Å². The van der Waals surface area contributed by atoms with Crippen molar-refractivity contribution in [3.8, 4) is 11.8 Å². The van der Waals surface area contributed by atoms with Crippen molar-refractivity contribution in [2.24, 2.45) is 0 Å². The number of para-hydroxylation sites is 1. The zero-order valence-corrected chi connectivity index (χ0v) is 19.7. The number of rotatable bonds is 6. The Balaban J connectivity index is 1.46. The summed E-state index contributed by atoms with van der Waals surface area (Å²) in [5.41, 5.74) is 2.07. The molecule has 0 atom stereocenters. The normalized spacial score (nSPS) is 14.6. The molecule has 10 heteroatoms. The lowest BCUT2D eigenvalue weighted by atomic mass is 10.1. The highest BCUT2D eigenvalue weighted by Crippen LogP contribution is 2.25. The van der Waals surface area contributed by atoms with Crippen molar-refractivity contribution in [2.45, 2.75) is 25.3 Å². The molecule has 0 unspecified atom stereocenters. The first kappa shape index (κ1) is 23.5. The number of aromatic nitrogens is 1. The Hall–Kier alpha value is -3.68. The van der Waals surface area contributed by atoms with Gasteiger partial charge in [-0.2, -0.15) is 9.57 Å². The molecule has 1 fully saturated rings. The van der Waals surface area contributed by atoms with Crippen molar-refractivity contribution < 1.29 is 22.5 Å². The van der Waals surface area contributed by atoms with Gasteiger partial charge in [0.25, 0.3) is 5.91 Å². The third kappa shape index (κ3) is 4.53. The van der Waals surface area contributed by atoms with Gasteiger partial charge in [0, 0.05) is 26.2 Å². The molecule has 0 spiro atoms. The largest absolute Gasteiger partial charge is 0.488 e. The lowest BCUT2D eigenvalue weighted by molar-refractivity contribution is 0.0693. The molecule has 1 aromatic heterocycles. The van der Waals surface area contributed by atoms with Crippen LogP contribution in [0.5, 0.6) is 5.75 Å². The van der Waals surface area contributed by atoms with Crippen LogP contribution in [0.2, 0.25) is 0 Å². The first-order valence-electron chi connectivity index (χ1n) is 10.7. The lowest BCUT2D eigenvalue weighted by Gasteiger charge is -2.34.